The fourth-order valence-corrected chi connectivity index (χ4v) is 6.03. The smallest absolute Gasteiger partial charge is 0.351 e. The summed E-state index contributed by atoms with van der Waals surface area (Å²) in [6, 6.07) is 33.8. The molecule has 0 bridgehead atoms. The lowest BCUT2D eigenvalue weighted by Crippen LogP contribution is -2.40. The first kappa shape index (κ1) is 32.6. The third-order valence-corrected chi connectivity index (χ3v) is 8.63. The van der Waals surface area contributed by atoms with Crippen LogP contribution in [0.1, 0.15) is 45.3 Å². The van der Waals surface area contributed by atoms with Crippen LogP contribution in [0.4, 0.5) is 5.82 Å². The Balaban J connectivity index is 1.28. The summed E-state index contributed by atoms with van der Waals surface area (Å²) in [6.07, 6.45) is 0.798. The number of aryl methyl sites for hydroxylation is 1. The van der Waals surface area contributed by atoms with Crippen LogP contribution in [0.5, 0.6) is 11.5 Å². The van der Waals surface area contributed by atoms with E-state index in [1.165, 1.54) is 4.57 Å². The molecule has 3 atom stereocenters. The predicted molar refractivity (Wildman–Crippen MR) is 182 cm³/mol. The van der Waals surface area contributed by atoms with Crippen molar-refractivity contribution in [3.8, 4) is 11.5 Å². The van der Waals surface area contributed by atoms with E-state index < -0.39 is 29.7 Å². The third-order valence-electron chi connectivity index (χ3n) is 8.63. The van der Waals surface area contributed by atoms with Crippen LogP contribution < -0.4 is 26.2 Å². The molecule has 10 heteroatoms. The Morgan fingerprint density at radius 1 is 0.875 bits per heavy atom. The Bertz CT molecular complexity index is 1850. The lowest BCUT2D eigenvalue weighted by atomic mass is 9.80. The highest BCUT2D eigenvalue weighted by Gasteiger charge is 2.41. The number of nitrogens with one attached hydrogen (secondary N) is 1. The number of carbonyl (C=O) groups is 1. The fraction of sp³-hybridized carbons (Fsp3) is 0.237. The number of carbonyl (C=O) groups excluding carboxylic acids is 1. The Kier molecular flexibility index (Phi) is 9.67. The van der Waals surface area contributed by atoms with Crippen molar-refractivity contribution >= 4 is 11.7 Å². The van der Waals surface area contributed by atoms with Crippen molar-refractivity contribution in [3.63, 3.8) is 0 Å². The highest BCUT2D eigenvalue weighted by atomic mass is 16.6. The molecule has 6 rings (SSSR count). The summed E-state index contributed by atoms with van der Waals surface area (Å²) in [4.78, 5) is 30.1. The standard InChI is InChI=1S/C38H38N4O6/c1-25-23-42(37(44)41-35(25)40-36(43)26-10-6-4-7-11-26)34-22-32(39)33(48-34)24-47-38(27-12-8-5-9-13-27,28-14-18-30(45-2)19-15-28)29-16-20-31(46-3)21-17-29/h4-21,23,32-34H,22,24,39H2,1-3H3,(H,40,41,43,44)/t32-,33+,34+/m0/s1. The van der Waals surface area contributed by atoms with Gasteiger partial charge in [0.05, 0.1) is 26.9 Å². The first-order valence-electron chi connectivity index (χ1n) is 15.7. The number of methoxy groups -OCH3 is 2. The van der Waals surface area contributed by atoms with E-state index in [-0.39, 0.29) is 18.3 Å². The van der Waals surface area contributed by atoms with Gasteiger partial charge in [0.1, 0.15) is 29.1 Å². The van der Waals surface area contributed by atoms with Crippen LogP contribution in [0.15, 0.2) is 120 Å². The second-order valence-electron chi connectivity index (χ2n) is 11.6. The third kappa shape index (κ3) is 6.59. The summed E-state index contributed by atoms with van der Waals surface area (Å²) in [7, 11) is 3.26. The van der Waals surface area contributed by atoms with Gasteiger partial charge >= 0.3 is 5.69 Å². The number of rotatable bonds is 11. The number of amides is 1. The topological polar surface area (TPSA) is 127 Å². The Morgan fingerprint density at radius 2 is 1.42 bits per heavy atom. The van der Waals surface area contributed by atoms with E-state index in [0.29, 0.717) is 17.5 Å². The van der Waals surface area contributed by atoms with Crippen molar-refractivity contribution in [2.75, 3.05) is 26.1 Å². The molecule has 246 valence electrons. The number of hydrogen-bond acceptors (Lipinski definition) is 8. The molecule has 1 fully saturated rings. The van der Waals surface area contributed by atoms with E-state index >= 15 is 0 Å². The Morgan fingerprint density at radius 3 is 1.98 bits per heavy atom. The van der Waals surface area contributed by atoms with Crippen molar-refractivity contribution in [1.82, 2.24) is 9.55 Å². The zero-order valence-electron chi connectivity index (χ0n) is 27.0. The summed E-state index contributed by atoms with van der Waals surface area (Å²) in [5.41, 5.74) is 8.79. The normalized spacial score (nSPS) is 17.5. The second-order valence-corrected chi connectivity index (χ2v) is 11.6. The monoisotopic (exact) mass is 646 g/mol. The maximum atomic E-state index is 13.2. The van der Waals surface area contributed by atoms with E-state index in [4.69, 9.17) is 24.7 Å². The van der Waals surface area contributed by atoms with Gasteiger partial charge in [-0.05, 0) is 60.0 Å². The molecule has 1 amide bonds. The Labute approximate surface area is 279 Å². The van der Waals surface area contributed by atoms with Crippen LogP contribution in [-0.2, 0) is 15.1 Å². The molecule has 4 aromatic carbocycles. The zero-order valence-corrected chi connectivity index (χ0v) is 27.0. The van der Waals surface area contributed by atoms with Crippen LogP contribution >= 0.6 is 0 Å². The molecule has 3 N–H and O–H groups in total. The van der Waals surface area contributed by atoms with Gasteiger partial charge < -0.3 is 30.0 Å². The molecular formula is C38H38N4O6. The molecule has 0 radical (unpaired) electrons. The van der Waals surface area contributed by atoms with Crippen LogP contribution in [-0.4, -0.2) is 48.4 Å². The lowest BCUT2D eigenvalue weighted by Gasteiger charge is -2.37. The first-order valence-corrected chi connectivity index (χ1v) is 15.7. The minimum absolute atomic E-state index is 0.122. The van der Waals surface area contributed by atoms with Gasteiger partial charge in [-0.25, -0.2) is 4.79 Å². The number of ether oxygens (including phenoxy) is 4. The number of nitrogens with zero attached hydrogens (tertiary/aromatic N) is 2. The molecular weight excluding hydrogens is 608 g/mol. The number of benzene rings is 4. The van der Waals surface area contributed by atoms with Crippen molar-refractivity contribution in [3.05, 3.63) is 154 Å². The number of aromatic nitrogens is 2. The van der Waals surface area contributed by atoms with Gasteiger partial charge in [0.2, 0.25) is 0 Å². The van der Waals surface area contributed by atoms with Crippen LogP contribution in [0.3, 0.4) is 0 Å². The molecule has 0 spiro atoms. The summed E-state index contributed by atoms with van der Waals surface area (Å²) in [5.74, 6) is 1.29. The van der Waals surface area contributed by atoms with E-state index in [1.807, 2.05) is 84.9 Å². The molecule has 1 aliphatic heterocycles. The van der Waals surface area contributed by atoms with Gasteiger partial charge in [-0.15, -0.1) is 0 Å². The number of nitrogens with two attached hydrogens (primary N) is 1. The largest absolute Gasteiger partial charge is 0.497 e. The molecule has 0 aliphatic carbocycles. The molecule has 5 aromatic rings. The van der Waals surface area contributed by atoms with Crippen molar-refractivity contribution in [1.29, 1.82) is 0 Å². The maximum Gasteiger partial charge on any atom is 0.351 e. The zero-order chi connectivity index (χ0) is 33.7. The van der Waals surface area contributed by atoms with Crippen LogP contribution in [0.2, 0.25) is 0 Å². The van der Waals surface area contributed by atoms with Crippen LogP contribution in [0.25, 0.3) is 0 Å². The summed E-state index contributed by atoms with van der Waals surface area (Å²) in [5, 5.41) is 2.74. The molecule has 1 saturated heterocycles. The summed E-state index contributed by atoms with van der Waals surface area (Å²) in [6.45, 7) is 1.90. The minimum Gasteiger partial charge on any atom is -0.497 e. The quantitative estimate of drug-likeness (QED) is 0.182. The summed E-state index contributed by atoms with van der Waals surface area (Å²) < 4.78 is 25.7. The maximum absolute atomic E-state index is 13.2. The molecule has 0 unspecified atom stereocenters. The average Bonchev–Trinajstić information content (AvgIpc) is 3.50. The Hall–Kier alpha value is -5.29. The van der Waals surface area contributed by atoms with Gasteiger partial charge in [0, 0.05) is 29.8 Å². The van der Waals surface area contributed by atoms with E-state index in [0.717, 1.165) is 28.2 Å². The van der Waals surface area contributed by atoms with Gasteiger partial charge in [-0.1, -0.05) is 72.8 Å². The summed E-state index contributed by atoms with van der Waals surface area (Å²) >= 11 is 0. The second kappa shape index (κ2) is 14.2. The fourth-order valence-electron chi connectivity index (χ4n) is 6.03. The highest BCUT2D eigenvalue weighted by Crippen LogP contribution is 2.42. The molecule has 48 heavy (non-hydrogen) atoms. The minimum atomic E-state index is -1.05. The van der Waals surface area contributed by atoms with Crippen molar-refractivity contribution < 1.29 is 23.7 Å². The van der Waals surface area contributed by atoms with Gasteiger partial charge in [-0.2, -0.15) is 4.98 Å². The average molecular weight is 647 g/mol. The molecule has 0 saturated carbocycles. The van der Waals surface area contributed by atoms with Gasteiger partial charge in [0.25, 0.3) is 5.91 Å². The lowest BCUT2D eigenvalue weighted by molar-refractivity contribution is -0.0796. The number of hydrogen-bond donors (Lipinski definition) is 2. The molecule has 2 heterocycles. The molecule has 10 nitrogen and oxygen atoms in total. The number of anilines is 1. The predicted octanol–water partition coefficient (Wildman–Crippen LogP) is 5.44. The molecule has 1 aliphatic rings. The highest BCUT2D eigenvalue weighted by molar-refractivity contribution is 6.04. The first-order chi connectivity index (χ1) is 23.3. The van der Waals surface area contributed by atoms with Crippen LogP contribution in [0, 0.1) is 6.92 Å². The van der Waals surface area contributed by atoms with Gasteiger partial charge in [-0.3, -0.25) is 9.36 Å². The van der Waals surface area contributed by atoms with Crippen molar-refractivity contribution in [2.24, 2.45) is 5.73 Å². The van der Waals surface area contributed by atoms with Gasteiger partial charge in [0.15, 0.2) is 0 Å². The van der Waals surface area contributed by atoms with E-state index in [1.54, 1.807) is 51.6 Å². The van der Waals surface area contributed by atoms with E-state index in [2.05, 4.69) is 10.3 Å². The van der Waals surface area contributed by atoms with E-state index in [9.17, 15) is 9.59 Å². The molecule has 1 aromatic heterocycles. The SMILES string of the molecule is COc1ccc(C(OC[C@H]2O[C@@H](n3cc(C)c(NC(=O)c4ccccc4)nc3=O)C[C@@H]2N)(c2ccccc2)c2ccc(OC)cc2)cc1. The van der Waals surface area contributed by atoms with Crippen molar-refractivity contribution in [2.45, 2.75) is 37.3 Å².